The minimum Gasteiger partial charge on any atom is -0.480 e. The molecule has 1 aromatic carbocycles. The van der Waals surface area contributed by atoms with E-state index in [1.165, 1.54) is 4.90 Å². The summed E-state index contributed by atoms with van der Waals surface area (Å²) in [7, 11) is 0. The van der Waals surface area contributed by atoms with E-state index in [1.807, 2.05) is 0 Å². The molecule has 114 valence electrons. The van der Waals surface area contributed by atoms with Gasteiger partial charge in [-0.3, -0.25) is 4.79 Å². The fraction of sp³-hybridized carbons (Fsp3) is 0.429. The first-order valence-corrected chi connectivity index (χ1v) is 6.54. The highest BCUT2D eigenvalue weighted by Crippen LogP contribution is 2.17. The average Bonchev–Trinajstić information content (AvgIpc) is 2.44. The molecule has 2 rings (SSSR count). The van der Waals surface area contributed by atoms with Crippen LogP contribution >= 0.6 is 0 Å². The molecule has 1 aromatic rings. The van der Waals surface area contributed by atoms with Crippen LogP contribution in [0.15, 0.2) is 18.2 Å². The lowest BCUT2D eigenvalue weighted by molar-refractivity contribution is -0.145. The molecule has 21 heavy (non-hydrogen) atoms. The number of halogens is 2. The van der Waals surface area contributed by atoms with Gasteiger partial charge in [0.1, 0.15) is 18.2 Å². The number of benzene rings is 1. The van der Waals surface area contributed by atoms with Gasteiger partial charge in [0.05, 0.1) is 6.10 Å². The molecule has 0 bridgehead atoms. The highest BCUT2D eigenvalue weighted by molar-refractivity contribution is 5.94. The summed E-state index contributed by atoms with van der Waals surface area (Å²) in [5.74, 6) is -3.06. The molecule has 0 spiro atoms. The van der Waals surface area contributed by atoms with E-state index in [9.17, 15) is 18.4 Å². The largest absolute Gasteiger partial charge is 0.480 e. The number of nitrogens with zero attached hydrogens (tertiary/aromatic N) is 1. The smallest absolute Gasteiger partial charge is 0.329 e. The molecule has 5 nitrogen and oxygen atoms in total. The van der Waals surface area contributed by atoms with Crippen LogP contribution in [0.2, 0.25) is 0 Å². The fourth-order valence-electron chi connectivity index (χ4n) is 2.27. The van der Waals surface area contributed by atoms with Crippen molar-refractivity contribution in [2.75, 3.05) is 19.7 Å². The second kappa shape index (κ2) is 6.62. The maximum Gasteiger partial charge on any atom is 0.329 e. The molecule has 0 aliphatic carbocycles. The van der Waals surface area contributed by atoms with Crippen LogP contribution < -0.4 is 0 Å². The van der Waals surface area contributed by atoms with E-state index < -0.39 is 23.5 Å². The van der Waals surface area contributed by atoms with E-state index in [4.69, 9.17) is 9.84 Å². The van der Waals surface area contributed by atoms with Crippen molar-refractivity contribution in [3.63, 3.8) is 0 Å². The number of piperidine rings is 1. The van der Waals surface area contributed by atoms with Crippen LogP contribution in [0.1, 0.15) is 23.2 Å². The summed E-state index contributed by atoms with van der Waals surface area (Å²) in [5.41, 5.74) is -0.0302. The monoisotopic (exact) mass is 299 g/mol. The van der Waals surface area contributed by atoms with Gasteiger partial charge in [-0.25, -0.2) is 13.6 Å². The molecule has 0 atom stereocenters. The van der Waals surface area contributed by atoms with Crippen LogP contribution in [0.25, 0.3) is 0 Å². The van der Waals surface area contributed by atoms with Crippen LogP contribution in [0.4, 0.5) is 8.78 Å². The fourth-order valence-corrected chi connectivity index (χ4v) is 2.27. The van der Waals surface area contributed by atoms with Crippen molar-refractivity contribution in [1.29, 1.82) is 0 Å². The van der Waals surface area contributed by atoms with Crippen molar-refractivity contribution in [2.45, 2.75) is 18.9 Å². The molecule has 0 unspecified atom stereocenters. The molecule has 1 heterocycles. The molecule has 0 radical (unpaired) electrons. The van der Waals surface area contributed by atoms with E-state index in [0.717, 1.165) is 12.1 Å². The van der Waals surface area contributed by atoms with Gasteiger partial charge in [0.2, 0.25) is 0 Å². The van der Waals surface area contributed by atoms with Gasteiger partial charge in [0, 0.05) is 24.7 Å². The SMILES string of the molecule is O=C(O)COC1CCN(C(=O)c2cc(F)cc(F)c2)CC1. The number of likely N-dealkylation sites (tertiary alicyclic amines) is 1. The normalized spacial score (nSPS) is 16.0. The Morgan fingerprint density at radius 1 is 1.19 bits per heavy atom. The number of carboxylic acid groups (broad SMARTS) is 1. The van der Waals surface area contributed by atoms with Gasteiger partial charge in [-0.1, -0.05) is 0 Å². The van der Waals surface area contributed by atoms with E-state index in [1.54, 1.807) is 0 Å². The average molecular weight is 299 g/mol. The van der Waals surface area contributed by atoms with Gasteiger partial charge in [0.15, 0.2) is 0 Å². The lowest BCUT2D eigenvalue weighted by Gasteiger charge is -2.31. The predicted octanol–water partition coefficient (Wildman–Crippen LogP) is 1.67. The highest BCUT2D eigenvalue weighted by Gasteiger charge is 2.25. The van der Waals surface area contributed by atoms with Crippen molar-refractivity contribution in [3.8, 4) is 0 Å². The summed E-state index contributed by atoms with van der Waals surface area (Å²) < 4.78 is 31.4. The van der Waals surface area contributed by atoms with Crippen LogP contribution in [0.3, 0.4) is 0 Å². The summed E-state index contributed by atoms with van der Waals surface area (Å²) in [5, 5.41) is 8.52. The van der Waals surface area contributed by atoms with Crippen molar-refractivity contribution < 1.29 is 28.2 Å². The number of rotatable bonds is 4. The summed E-state index contributed by atoms with van der Waals surface area (Å²) in [6, 6.07) is 2.71. The Bertz CT molecular complexity index is 522. The highest BCUT2D eigenvalue weighted by atomic mass is 19.1. The lowest BCUT2D eigenvalue weighted by atomic mass is 10.1. The van der Waals surface area contributed by atoms with Crippen LogP contribution in [0, 0.1) is 11.6 Å². The molecule has 0 saturated carbocycles. The zero-order valence-corrected chi connectivity index (χ0v) is 11.2. The lowest BCUT2D eigenvalue weighted by Crippen LogP contribution is -2.41. The Morgan fingerprint density at radius 3 is 2.29 bits per heavy atom. The number of ether oxygens (including phenoxy) is 1. The van der Waals surface area contributed by atoms with Crippen LogP contribution in [0.5, 0.6) is 0 Å². The summed E-state index contributed by atoms with van der Waals surface area (Å²) in [4.78, 5) is 24.0. The number of hydrogen-bond acceptors (Lipinski definition) is 3. The standard InChI is InChI=1S/C14H15F2NO4/c15-10-5-9(6-11(16)7-10)14(20)17-3-1-12(2-4-17)21-8-13(18)19/h5-7,12H,1-4,8H2,(H,18,19). The second-order valence-electron chi connectivity index (χ2n) is 4.85. The third-order valence-electron chi connectivity index (χ3n) is 3.28. The molecule has 1 aliphatic heterocycles. The van der Waals surface area contributed by atoms with Crippen LogP contribution in [-0.2, 0) is 9.53 Å². The Hall–Kier alpha value is -2.02. The Labute approximate surface area is 120 Å². The van der Waals surface area contributed by atoms with Crippen molar-refractivity contribution >= 4 is 11.9 Å². The number of carbonyl (C=O) groups excluding carboxylic acids is 1. The van der Waals surface area contributed by atoms with E-state index >= 15 is 0 Å². The quantitative estimate of drug-likeness (QED) is 0.918. The van der Waals surface area contributed by atoms with Gasteiger partial charge in [0.25, 0.3) is 5.91 Å². The molecule has 1 aliphatic rings. The number of hydrogen-bond donors (Lipinski definition) is 1. The van der Waals surface area contributed by atoms with Crippen molar-refractivity contribution in [1.82, 2.24) is 4.90 Å². The number of carboxylic acids is 1. The molecule has 1 fully saturated rings. The maximum absolute atomic E-state index is 13.1. The maximum atomic E-state index is 13.1. The molecule has 7 heteroatoms. The van der Waals surface area contributed by atoms with Crippen molar-refractivity contribution in [2.24, 2.45) is 0 Å². The van der Waals surface area contributed by atoms with Gasteiger partial charge in [-0.05, 0) is 25.0 Å². The second-order valence-corrected chi connectivity index (χ2v) is 4.85. The molecular formula is C14H15F2NO4. The van der Waals surface area contributed by atoms with Gasteiger partial charge >= 0.3 is 5.97 Å². The topological polar surface area (TPSA) is 66.8 Å². The summed E-state index contributed by atoms with van der Waals surface area (Å²) in [6.07, 6.45) is 0.780. The van der Waals surface area contributed by atoms with E-state index in [0.29, 0.717) is 32.0 Å². The molecule has 0 aromatic heterocycles. The number of amides is 1. The summed E-state index contributed by atoms with van der Waals surface area (Å²) in [6.45, 7) is 0.357. The van der Waals surface area contributed by atoms with Crippen molar-refractivity contribution in [3.05, 3.63) is 35.4 Å². The first-order valence-electron chi connectivity index (χ1n) is 6.54. The first-order chi connectivity index (χ1) is 9.95. The molecule has 1 saturated heterocycles. The minimum absolute atomic E-state index is 0.0302. The minimum atomic E-state index is -1.04. The van der Waals surface area contributed by atoms with Crippen LogP contribution in [-0.4, -0.2) is 47.7 Å². The Kier molecular flexibility index (Phi) is 4.85. The van der Waals surface area contributed by atoms with E-state index in [2.05, 4.69) is 0 Å². The zero-order valence-electron chi connectivity index (χ0n) is 11.2. The van der Waals surface area contributed by atoms with Gasteiger partial charge in [-0.2, -0.15) is 0 Å². The predicted molar refractivity (Wildman–Crippen MR) is 68.9 cm³/mol. The zero-order chi connectivity index (χ0) is 15.4. The Morgan fingerprint density at radius 2 is 1.76 bits per heavy atom. The molecular weight excluding hydrogens is 284 g/mol. The number of carbonyl (C=O) groups is 2. The first kappa shape index (κ1) is 15.4. The number of aliphatic carboxylic acids is 1. The third kappa shape index (κ3) is 4.22. The molecule has 1 N–H and O–H groups in total. The Balaban J connectivity index is 1.92. The third-order valence-corrected chi connectivity index (χ3v) is 3.28. The van der Waals surface area contributed by atoms with Gasteiger partial charge < -0.3 is 14.7 Å². The molecule has 1 amide bonds. The van der Waals surface area contributed by atoms with E-state index in [-0.39, 0.29) is 18.3 Å². The van der Waals surface area contributed by atoms with Gasteiger partial charge in [-0.15, -0.1) is 0 Å². The summed E-state index contributed by atoms with van der Waals surface area (Å²) >= 11 is 0.